The summed E-state index contributed by atoms with van der Waals surface area (Å²) in [5.41, 5.74) is 2.57. The van der Waals surface area contributed by atoms with Crippen molar-refractivity contribution in [1.82, 2.24) is 29.7 Å². The number of benzene rings is 1. The zero-order valence-corrected chi connectivity index (χ0v) is 22.0. The van der Waals surface area contributed by atoms with Gasteiger partial charge in [0.15, 0.2) is 0 Å². The first-order chi connectivity index (χ1) is 18.7. The van der Waals surface area contributed by atoms with Crippen LogP contribution in [0.5, 0.6) is 5.88 Å². The van der Waals surface area contributed by atoms with Gasteiger partial charge in [0, 0.05) is 51.3 Å². The Balaban J connectivity index is 1.27. The van der Waals surface area contributed by atoms with Gasteiger partial charge in [-0.15, -0.1) is 0 Å². The number of carbonyl (C=O) groups excluding carboxylic acids is 1. The molecule has 10 heteroatoms. The van der Waals surface area contributed by atoms with Crippen LogP contribution in [0.25, 0.3) is 22.2 Å². The molecular formula is C28H36N6O4. The Hall–Kier alpha value is -3.05. The summed E-state index contributed by atoms with van der Waals surface area (Å²) in [6.45, 7) is 8.27. The van der Waals surface area contributed by atoms with Gasteiger partial charge in [0.1, 0.15) is 11.9 Å². The molecule has 202 valence electrons. The van der Waals surface area contributed by atoms with E-state index in [9.17, 15) is 4.79 Å². The van der Waals surface area contributed by atoms with Crippen LogP contribution in [0.2, 0.25) is 0 Å². The fraction of sp³-hybridized carbons (Fsp3) is 0.536. The van der Waals surface area contributed by atoms with Crippen molar-refractivity contribution in [2.45, 2.75) is 12.5 Å². The van der Waals surface area contributed by atoms with Crippen molar-refractivity contribution in [3.63, 3.8) is 0 Å². The molecule has 0 aliphatic carbocycles. The first kappa shape index (κ1) is 25.2. The van der Waals surface area contributed by atoms with Crippen molar-refractivity contribution in [1.29, 1.82) is 0 Å². The van der Waals surface area contributed by atoms with Gasteiger partial charge in [0.25, 0.3) is 0 Å². The van der Waals surface area contributed by atoms with E-state index in [1.807, 2.05) is 35.4 Å². The van der Waals surface area contributed by atoms with Gasteiger partial charge in [-0.1, -0.05) is 18.2 Å². The minimum atomic E-state index is -0.159. The standard InChI is InChI=1S/C28H36N6O4/c1-36-28-22(14-21-4-2-3-5-23(21)31-28)24-15-29-27(30-24)25-17-33(16-20-6-11-38-19-20)7-8-34(25)26(35)18-32-9-12-37-13-10-32/h2-5,14-15,20,25H,6-13,16-19H2,1H3,(H,29,30). The van der Waals surface area contributed by atoms with Gasteiger partial charge in [-0.3, -0.25) is 14.6 Å². The zero-order chi connectivity index (χ0) is 25.9. The molecule has 0 radical (unpaired) electrons. The molecule has 1 aromatic carbocycles. The molecule has 0 bridgehead atoms. The second-order valence-corrected chi connectivity index (χ2v) is 10.4. The predicted molar refractivity (Wildman–Crippen MR) is 143 cm³/mol. The van der Waals surface area contributed by atoms with Gasteiger partial charge in [-0.25, -0.2) is 9.97 Å². The Morgan fingerprint density at radius 1 is 1.11 bits per heavy atom. The summed E-state index contributed by atoms with van der Waals surface area (Å²) < 4.78 is 16.7. The molecule has 3 saturated heterocycles. The lowest BCUT2D eigenvalue weighted by Gasteiger charge is -2.42. The average molecular weight is 521 g/mol. The lowest BCUT2D eigenvalue weighted by molar-refractivity contribution is -0.139. The van der Waals surface area contributed by atoms with Crippen LogP contribution in [0.15, 0.2) is 36.5 Å². The third kappa shape index (κ3) is 5.40. The van der Waals surface area contributed by atoms with E-state index in [4.69, 9.17) is 24.2 Å². The molecule has 0 saturated carbocycles. The summed E-state index contributed by atoms with van der Waals surface area (Å²) in [5, 5.41) is 1.03. The van der Waals surface area contributed by atoms with Gasteiger partial charge < -0.3 is 24.1 Å². The molecule has 3 fully saturated rings. The van der Waals surface area contributed by atoms with E-state index in [1.54, 1.807) is 7.11 Å². The Morgan fingerprint density at radius 3 is 2.79 bits per heavy atom. The van der Waals surface area contributed by atoms with Crippen molar-refractivity contribution in [3.8, 4) is 17.1 Å². The Kier molecular flexibility index (Phi) is 7.55. The molecule has 2 unspecified atom stereocenters. The minimum absolute atomic E-state index is 0.142. The highest BCUT2D eigenvalue weighted by atomic mass is 16.5. The number of nitrogens with one attached hydrogen (secondary N) is 1. The molecule has 38 heavy (non-hydrogen) atoms. The summed E-state index contributed by atoms with van der Waals surface area (Å²) >= 11 is 0. The third-order valence-corrected chi connectivity index (χ3v) is 7.87. The number of fused-ring (bicyclic) bond motifs is 1. The number of morpholine rings is 1. The van der Waals surface area contributed by atoms with E-state index >= 15 is 0 Å². The summed E-state index contributed by atoms with van der Waals surface area (Å²) in [7, 11) is 1.63. The van der Waals surface area contributed by atoms with Crippen LogP contribution < -0.4 is 4.74 Å². The smallest absolute Gasteiger partial charge is 0.237 e. The topological polar surface area (TPSA) is 96.1 Å². The third-order valence-electron chi connectivity index (χ3n) is 7.87. The number of carbonyl (C=O) groups is 1. The molecule has 1 amide bonds. The van der Waals surface area contributed by atoms with Gasteiger partial charge in [0.2, 0.25) is 11.8 Å². The molecule has 3 aliphatic rings. The molecule has 3 aliphatic heterocycles. The summed E-state index contributed by atoms with van der Waals surface area (Å²) in [6.07, 6.45) is 2.93. The Morgan fingerprint density at radius 2 is 1.97 bits per heavy atom. The Bertz CT molecular complexity index is 1250. The Labute approximate surface area is 222 Å². The normalized spacial score (nSPS) is 23.2. The first-order valence-corrected chi connectivity index (χ1v) is 13.6. The monoisotopic (exact) mass is 520 g/mol. The van der Waals surface area contributed by atoms with Gasteiger partial charge in [-0.2, -0.15) is 0 Å². The number of rotatable bonds is 7. The molecule has 5 heterocycles. The number of aromatic amines is 1. The minimum Gasteiger partial charge on any atom is -0.480 e. The highest BCUT2D eigenvalue weighted by Crippen LogP contribution is 2.33. The lowest BCUT2D eigenvalue weighted by Crippen LogP contribution is -2.54. The maximum atomic E-state index is 13.6. The maximum absolute atomic E-state index is 13.6. The van der Waals surface area contributed by atoms with Crippen LogP contribution >= 0.6 is 0 Å². The maximum Gasteiger partial charge on any atom is 0.237 e. The van der Waals surface area contributed by atoms with E-state index in [-0.39, 0.29) is 11.9 Å². The number of hydrogen-bond donors (Lipinski definition) is 1. The van der Waals surface area contributed by atoms with Crippen LogP contribution in [-0.2, 0) is 14.3 Å². The number of aromatic nitrogens is 3. The lowest BCUT2D eigenvalue weighted by atomic mass is 10.1. The number of imidazole rings is 1. The number of para-hydroxylation sites is 1. The number of hydrogen-bond acceptors (Lipinski definition) is 8. The van der Waals surface area contributed by atoms with Gasteiger partial charge in [0.05, 0.1) is 56.4 Å². The van der Waals surface area contributed by atoms with Crippen LogP contribution in [0.1, 0.15) is 18.3 Å². The molecule has 10 nitrogen and oxygen atoms in total. The number of piperazine rings is 1. The zero-order valence-electron chi connectivity index (χ0n) is 22.0. The van der Waals surface area contributed by atoms with Crippen molar-refractivity contribution >= 4 is 16.8 Å². The van der Waals surface area contributed by atoms with Gasteiger partial charge >= 0.3 is 0 Å². The molecular weight excluding hydrogens is 484 g/mol. The average Bonchev–Trinajstić information content (AvgIpc) is 3.65. The van der Waals surface area contributed by atoms with E-state index in [2.05, 4.69) is 20.9 Å². The van der Waals surface area contributed by atoms with E-state index in [1.165, 1.54) is 0 Å². The second kappa shape index (κ2) is 11.4. The fourth-order valence-corrected chi connectivity index (χ4v) is 5.76. The van der Waals surface area contributed by atoms with E-state index in [0.29, 0.717) is 38.1 Å². The van der Waals surface area contributed by atoms with Crippen LogP contribution in [0.3, 0.4) is 0 Å². The number of amides is 1. The second-order valence-electron chi connectivity index (χ2n) is 10.4. The van der Waals surface area contributed by atoms with Gasteiger partial charge in [-0.05, 0) is 24.5 Å². The highest BCUT2D eigenvalue weighted by Gasteiger charge is 2.35. The molecule has 1 N–H and O–H groups in total. The highest BCUT2D eigenvalue weighted by molar-refractivity contribution is 5.85. The summed E-state index contributed by atoms with van der Waals surface area (Å²) in [5.74, 6) is 2.03. The molecule has 3 aromatic rings. The number of nitrogens with zero attached hydrogens (tertiary/aromatic N) is 5. The number of methoxy groups -OCH3 is 1. The van der Waals surface area contributed by atoms with Crippen molar-refractivity contribution in [3.05, 3.63) is 42.4 Å². The molecule has 6 rings (SSSR count). The van der Waals surface area contributed by atoms with E-state index < -0.39 is 0 Å². The summed E-state index contributed by atoms with van der Waals surface area (Å²) in [6, 6.07) is 9.91. The van der Waals surface area contributed by atoms with Crippen LogP contribution in [-0.4, -0.2) is 115 Å². The number of ether oxygens (including phenoxy) is 3. The van der Waals surface area contributed by atoms with E-state index in [0.717, 1.165) is 80.3 Å². The predicted octanol–water partition coefficient (Wildman–Crippen LogP) is 2.19. The van der Waals surface area contributed by atoms with Crippen molar-refractivity contribution < 1.29 is 19.0 Å². The summed E-state index contributed by atoms with van der Waals surface area (Å²) in [4.78, 5) is 33.2. The number of pyridine rings is 1. The largest absolute Gasteiger partial charge is 0.480 e. The molecule has 2 atom stereocenters. The molecule has 2 aromatic heterocycles. The van der Waals surface area contributed by atoms with Crippen molar-refractivity contribution in [2.24, 2.45) is 5.92 Å². The van der Waals surface area contributed by atoms with Crippen LogP contribution in [0, 0.1) is 5.92 Å². The first-order valence-electron chi connectivity index (χ1n) is 13.6. The number of H-pyrrole nitrogens is 1. The van der Waals surface area contributed by atoms with Crippen molar-refractivity contribution in [2.75, 3.05) is 79.4 Å². The quantitative estimate of drug-likeness (QED) is 0.507. The SMILES string of the molecule is COc1nc2ccccc2cc1-c1cnc(C2CN(CC3CCOC3)CCN2C(=O)CN2CCOCC2)[nH]1. The van der Waals surface area contributed by atoms with Crippen LogP contribution in [0.4, 0.5) is 0 Å². The molecule has 0 spiro atoms. The fourth-order valence-electron chi connectivity index (χ4n) is 5.76.